The summed E-state index contributed by atoms with van der Waals surface area (Å²) in [5.41, 5.74) is 1.58. The van der Waals surface area contributed by atoms with Crippen LogP contribution in [0.1, 0.15) is 24.8 Å². The first kappa shape index (κ1) is 10.4. The number of methoxy groups -OCH3 is 1. The first-order valence-corrected chi connectivity index (χ1v) is 5.88. The van der Waals surface area contributed by atoms with Crippen LogP contribution in [0.25, 0.3) is 0 Å². The molecule has 3 rings (SSSR count). The minimum absolute atomic E-state index is 0.153. The molecule has 0 spiro atoms. The SMILES string of the molecule is COc1ccc2c(c1)O[C@@H](C1CC1)C/C2=N/O. The molecule has 0 unspecified atom stereocenters. The van der Waals surface area contributed by atoms with E-state index in [0.29, 0.717) is 18.1 Å². The van der Waals surface area contributed by atoms with E-state index in [1.54, 1.807) is 7.11 Å². The van der Waals surface area contributed by atoms with Gasteiger partial charge in [0.1, 0.15) is 17.6 Å². The maximum absolute atomic E-state index is 9.09. The lowest BCUT2D eigenvalue weighted by Crippen LogP contribution is -2.29. The topological polar surface area (TPSA) is 51.0 Å². The van der Waals surface area contributed by atoms with Crippen molar-refractivity contribution in [1.82, 2.24) is 0 Å². The summed E-state index contributed by atoms with van der Waals surface area (Å²) in [5, 5.41) is 12.5. The van der Waals surface area contributed by atoms with Crippen LogP contribution in [0, 0.1) is 5.92 Å². The van der Waals surface area contributed by atoms with E-state index in [4.69, 9.17) is 14.7 Å². The zero-order valence-corrected chi connectivity index (χ0v) is 9.72. The summed E-state index contributed by atoms with van der Waals surface area (Å²) in [5.74, 6) is 2.14. The molecular weight excluding hydrogens is 218 g/mol. The first-order valence-electron chi connectivity index (χ1n) is 5.88. The van der Waals surface area contributed by atoms with E-state index in [-0.39, 0.29) is 6.10 Å². The van der Waals surface area contributed by atoms with Crippen molar-refractivity contribution < 1.29 is 14.7 Å². The van der Waals surface area contributed by atoms with Gasteiger partial charge in [0, 0.05) is 18.1 Å². The van der Waals surface area contributed by atoms with Crippen LogP contribution < -0.4 is 9.47 Å². The van der Waals surface area contributed by atoms with Crippen LogP contribution in [0.2, 0.25) is 0 Å². The summed E-state index contributed by atoms with van der Waals surface area (Å²) in [6.07, 6.45) is 3.27. The largest absolute Gasteiger partial charge is 0.497 e. The molecule has 1 saturated carbocycles. The minimum Gasteiger partial charge on any atom is -0.497 e. The Morgan fingerprint density at radius 3 is 2.88 bits per heavy atom. The van der Waals surface area contributed by atoms with Gasteiger partial charge in [-0.3, -0.25) is 0 Å². The van der Waals surface area contributed by atoms with Crippen LogP contribution in [0.4, 0.5) is 0 Å². The zero-order valence-electron chi connectivity index (χ0n) is 9.72. The van der Waals surface area contributed by atoms with Gasteiger partial charge in [-0.2, -0.15) is 0 Å². The monoisotopic (exact) mass is 233 g/mol. The van der Waals surface area contributed by atoms with E-state index >= 15 is 0 Å². The average molecular weight is 233 g/mol. The van der Waals surface area contributed by atoms with Gasteiger partial charge in [-0.15, -0.1) is 0 Å². The molecule has 1 atom stereocenters. The molecular formula is C13H15NO3. The third kappa shape index (κ3) is 1.84. The lowest BCUT2D eigenvalue weighted by atomic mass is 9.97. The highest BCUT2D eigenvalue weighted by Crippen LogP contribution is 2.41. The number of fused-ring (bicyclic) bond motifs is 1. The van der Waals surface area contributed by atoms with Crippen LogP contribution in [0.3, 0.4) is 0 Å². The summed E-state index contributed by atoms with van der Waals surface area (Å²) in [6.45, 7) is 0. The zero-order chi connectivity index (χ0) is 11.8. The quantitative estimate of drug-likeness (QED) is 0.630. The Morgan fingerprint density at radius 1 is 1.41 bits per heavy atom. The third-order valence-corrected chi connectivity index (χ3v) is 3.44. The highest BCUT2D eigenvalue weighted by atomic mass is 16.5. The Balaban J connectivity index is 1.98. The van der Waals surface area contributed by atoms with Crippen molar-refractivity contribution in [2.75, 3.05) is 7.11 Å². The lowest BCUT2D eigenvalue weighted by molar-refractivity contribution is 0.175. The van der Waals surface area contributed by atoms with Gasteiger partial charge in [-0.25, -0.2) is 0 Å². The van der Waals surface area contributed by atoms with E-state index < -0.39 is 0 Å². The molecule has 2 aliphatic rings. The number of ether oxygens (including phenoxy) is 2. The molecule has 1 aliphatic heterocycles. The Hall–Kier alpha value is -1.71. The standard InChI is InChI=1S/C13H15NO3/c1-16-9-4-5-10-11(14-15)7-12(8-2-3-8)17-13(10)6-9/h4-6,8,12,15H,2-3,7H2,1H3/b14-11-/t12-/m1/s1. The van der Waals surface area contributed by atoms with Gasteiger partial charge in [0.2, 0.25) is 0 Å². The minimum atomic E-state index is 0.153. The summed E-state index contributed by atoms with van der Waals surface area (Å²) < 4.78 is 11.1. The molecule has 1 N–H and O–H groups in total. The van der Waals surface area contributed by atoms with Crippen molar-refractivity contribution in [3.63, 3.8) is 0 Å². The fourth-order valence-electron chi connectivity index (χ4n) is 2.30. The van der Waals surface area contributed by atoms with Gasteiger partial charge < -0.3 is 14.7 Å². The predicted molar refractivity (Wildman–Crippen MR) is 63.1 cm³/mol. The second kappa shape index (κ2) is 3.95. The fourth-order valence-corrected chi connectivity index (χ4v) is 2.30. The van der Waals surface area contributed by atoms with Gasteiger partial charge in [0.25, 0.3) is 0 Å². The van der Waals surface area contributed by atoms with Gasteiger partial charge >= 0.3 is 0 Å². The number of hydrogen-bond donors (Lipinski definition) is 1. The molecule has 1 heterocycles. The molecule has 4 heteroatoms. The molecule has 1 aromatic rings. The number of hydrogen-bond acceptors (Lipinski definition) is 4. The van der Waals surface area contributed by atoms with Crippen molar-refractivity contribution in [3.05, 3.63) is 23.8 Å². The molecule has 1 fully saturated rings. The molecule has 0 amide bonds. The second-order valence-electron chi connectivity index (χ2n) is 4.61. The van der Waals surface area contributed by atoms with Crippen molar-refractivity contribution in [3.8, 4) is 11.5 Å². The molecule has 1 aliphatic carbocycles. The van der Waals surface area contributed by atoms with Crippen LogP contribution in [-0.2, 0) is 0 Å². The maximum atomic E-state index is 9.09. The molecule has 4 nitrogen and oxygen atoms in total. The van der Waals surface area contributed by atoms with Gasteiger partial charge in [-0.1, -0.05) is 5.16 Å². The molecule has 1 aromatic carbocycles. The Bertz CT molecular complexity index is 466. The van der Waals surface area contributed by atoms with Crippen LogP contribution in [0.5, 0.6) is 11.5 Å². The van der Waals surface area contributed by atoms with E-state index in [1.807, 2.05) is 18.2 Å². The fraction of sp³-hybridized carbons (Fsp3) is 0.462. The summed E-state index contributed by atoms with van der Waals surface area (Å²) in [4.78, 5) is 0. The molecule has 0 bridgehead atoms. The van der Waals surface area contributed by atoms with Crippen LogP contribution >= 0.6 is 0 Å². The molecule has 0 aromatic heterocycles. The summed E-state index contributed by atoms with van der Waals surface area (Å²) >= 11 is 0. The number of nitrogens with zero attached hydrogens (tertiary/aromatic N) is 1. The van der Waals surface area contributed by atoms with Crippen LogP contribution in [-0.4, -0.2) is 24.1 Å². The Kier molecular flexibility index (Phi) is 2.42. The van der Waals surface area contributed by atoms with Gasteiger partial charge in [0.15, 0.2) is 0 Å². The number of benzene rings is 1. The van der Waals surface area contributed by atoms with Crippen LogP contribution in [0.15, 0.2) is 23.4 Å². The highest BCUT2D eigenvalue weighted by Gasteiger charge is 2.37. The van der Waals surface area contributed by atoms with Crippen molar-refractivity contribution in [1.29, 1.82) is 0 Å². The second-order valence-corrected chi connectivity index (χ2v) is 4.61. The Labute approximate surface area is 99.8 Å². The highest BCUT2D eigenvalue weighted by molar-refractivity contribution is 6.03. The van der Waals surface area contributed by atoms with Crippen molar-refractivity contribution >= 4 is 5.71 Å². The third-order valence-electron chi connectivity index (χ3n) is 3.44. The number of rotatable bonds is 2. The van der Waals surface area contributed by atoms with Gasteiger partial charge in [0.05, 0.1) is 12.8 Å². The van der Waals surface area contributed by atoms with E-state index in [1.165, 1.54) is 12.8 Å². The summed E-state index contributed by atoms with van der Waals surface area (Å²) in [6, 6.07) is 5.59. The van der Waals surface area contributed by atoms with E-state index in [9.17, 15) is 0 Å². The van der Waals surface area contributed by atoms with Gasteiger partial charge in [-0.05, 0) is 30.9 Å². The molecule has 17 heavy (non-hydrogen) atoms. The predicted octanol–water partition coefficient (Wildman–Crippen LogP) is 2.43. The lowest BCUT2D eigenvalue weighted by Gasteiger charge is -2.26. The van der Waals surface area contributed by atoms with Crippen molar-refractivity contribution in [2.45, 2.75) is 25.4 Å². The molecule has 0 saturated heterocycles. The average Bonchev–Trinajstić information content (AvgIpc) is 3.20. The normalized spacial score (nSPS) is 25.2. The summed E-state index contributed by atoms with van der Waals surface area (Å²) in [7, 11) is 1.63. The van der Waals surface area contributed by atoms with Crippen molar-refractivity contribution in [2.24, 2.45) is 11.1 Å². The van der Waals surface area contributed by atoms with E-state index in [2.05, 4.69) is 5.16 Å². The van der Waals surface area contributed by atoms with E-state index in [0.717, 1.165) is 17.1 Å². The smallest absolute Gasteiger partial charge is 0.132 e. The molecule has 0 radical (unpaired) electrons. The first-order chi connectivity index (χ1) is 8.31. The molecule has 90 valence electrons. The number of oxime groups is 1. The maximum Gasteiger partial charge on any atom is 0.132 e. The Morgan fingerprint density at radius 2 is 2.24 bits per heavy atom.